The van der Waals surface area contributed by atoms with Crippen molar-refractivity contribution in [2.75, 3.05) is 19.0 Å². The van der Waals surface area contributed by atoms with Crippen LogP contribution in [0.2, 0.25) is 0 Å². The molecule has 1 aromatic heterocycles. The molecule has 0 aromatic carbocycles. The Balaban J connectivity index is 2.93. The van der Waals surface area contributed by atoms with Gasteiger partial charge in [-0.3, -0.25) is 0 Å². The van der Waals surface area contributed by atoms with Crippen LogP contribution in [0.1, 0.15) is 19.7 Å². The van der Waals surface area contributed by atoms with Crippen molar-refractivity contribution in [2.45, 2.75) is 20.3 Å². The van der Waals surface area contributed by atoms with Gasteiger partial charge in [0.05, 0.1) is 6.61 Å². The quantitative estimate of drug-likeness (QED) is 0.764. The lowest BCUT2D eigenvalue weighted by Gasteiger charge is -2.06. The van der Waals surface area contributed by atoms with Gasteiger partial charge >= 0.3 is 0 Å². The molecule has 0 atom stereocenters. The normalized spacial score (nSPS) is 9.77. The molecule has 0 aliphatic carbocycles. The SMILES string of the molecule is CCOc1cc(NC)nc(CC)n1. The standard InChI is InChI=1S/C9H15N3O/c1-4-7-11-8(10-3)6-9(12-7)13-5-2/h6H,4-5H2,1-3H3,(H,10,11,12). The van der Waals surface area contributed by atoms with Gasteiger partial charge in [0.15, 0.2) is 0 Å². The van der Waals surface area contributed by atoms with E-state index in [1.54, 1.807) is 6.07 Å². The van der Waals surface area contributed by atoms with E-state index in [4.69, 9.17) is 4.74 Å². The highest BCUT2D eigenvalue weighted by molar-refractivity contribution is 5.37. The molecular formula is C9H15N3O. The first-order valence-corrected chi connectivity index (χ1v) is 4.48. The molecule has 4 heteroatoms. The number of rotatable bonds is 4. The Morgan fingerprint density at radius 2 is 2.15 bits per heavy atom. The summed E-state index contributed by atoms with van der Waals surface area (Å²) in [6, 6.07) is 1.79. The molecule has 0 aliphatic heterocycles. The van der Waals surface area contributed by atoms with Crippen LogP contribution >= 0.6 is 0 Å². The van der Waals surface area contributed by atoms with Crippen LogP contribution in [0.5, 0.6) is 5.88 Å². The molecule has 72 valence electrons. The predicted octanol–water partition coefficient (Wildman–Crippen LogP) is 1.48. The Bertz CT molecular complexity index is 253. The minimum absolute atomic E-state index is 0.628. The molecule has 0 unspecified atom stereocenters. The summed E-state index contributed by atoms with van der Waals surface area (Å²) in [5, 5.41) is 2.97. The molecule has 0 radical (unpaired) electrons. The van der Waals surface area contributed by atoms with Crippen molar-refractivity contribution < 1.29 is 4.74 Å². The second kappa shape index (κ2) is 4.64. The number of nitrogens with zero attached hydrogens (tertiary/aromatic N) is 2. The molecule has 1 aromatic rings. The van der Waals surface area contributed by atoms with Crippen LogP contribution in [0, 0.1) is 0 Å². The number of aryl methyl sites for hydroxylation is 1. The van der Waals surface area contributed by atoms with Gasteiger partial charge in [0.25, 0.3) is 0 Å². The molecule has 0 amide bonds. The smallest absolute Gasteiger partial charge is 0.218 e. The third-order valence-electron chi connectivity index (χ3n) is 1.61. The molecule has 0 bridgehead atoms. The minimum atomic E-state index is 0.628. The van der Waals surface area contributed by atoms with Crippen LogP contribution in [0.4, 0.5) is 5.82 Å². The minimum Gasteiger partial charge on any atom is -0.478 e. The summed E-state index contributed by atoms with van der Waals surface area (Å²) in [6.07, 6.45) is 0.815. The Morgan fingerprint density at radius 1 is 1.38 bits per heavy atom. The van der Waals surface area contributed by atoms with Crippen LogP contribution < -0.4 is 10.1 Å². The lowest BCUT2D eigenvalue weighted by molar-refractivity contribution is 0.325. The zero-order chi connectivity index (χ0) is 9.68. The van der Waals surface area contributed by atoms with E-state index in [0.717, 1.165) is 18.1 Å². The van der Waals surface area contributed by atoms with Gasteiger partial charge in [0, 0.05) is 19.5 Å². The van der Waals surface area contributed by atoms with Gasteiger partial charge in [-0.2, -0.15) is 4.98 Å². The van der Waals surface area contributed by atoms with Gasteiger partial charge in [0.2, 0.25) is 5.88 Å². The van der Waals surface area contributed by atoms with Gasteiger partial charge in [0.1, 0.15) is 11.6 Å². The maximum Gasteiger partial charge on any atom is 0.218 e. The van der Waals surface area contributed by atoms with Gasteiger partial charge in [-0.15, -0.1) is 0 Å². The van der Waals surface area contributed by atoms with E-state index in [9.17, 15) is 0 Å². The lowest BCUT2D eigenvalue weighted by atomic mass is 10.4. The van der Waals surface area contributed by atoms with Crippen molar-refractivity contribution in [3.63, 3.8) is 0 Å². The molecule has 0 saturated carbocycles. The number of hydrogen-bond acceptors (Lipinski definition) is 4. The van der Waals surface area contributed by atoms with Crippen LogP contribution in [0.3, 0.4) is 0 Å². The zero-order valence-electron chi connectivity index (χ0n) is 8.29. The monoisotopic (exact) mass is 181 g/mol. The highest BCUT2D eigenvalue weighted by Gasteiger charge is 2.01. The number of hydrogen-bond donors (Lipinski definition) is 1. The third-order valence-corrected chi connectivity index (χ3v) is 1.61. The van der Waals surface area contributed by atoms with Crippen LogP contribution in [0.25, 0.3) is 0 Å². The lowest BCUT2D eigenvalue weighted by Crippen LogP contribution is -2.02. The Morgan fingerprint density at radius 3 is 2.69 bits per heavy atom. The van der Waals surface area contributed by atoms with Crippen LogP contribution in [0.15, 0.2) is 6.07 Å². The molecule has 1 heterocycles. The van der Waals surface area contributed by atoms with E-state index in [-0.39, 0.29) is 0 Å². The van der Waals surface area contributed by atoms with E-state index < -0.39 is 0 Å². The molecule has 13 heavy (non-hydrogen) atoms. The average molecular weight is 181 g/mol. The third kappa shape index (κ3) is 2.57. The molecule has 4 nitrogen and oxygen atoms in total. The maximum absolute atomic E-state index is 5.30. The van der Waals surface area contributed by atoms with Crippen molar-refractivity contribution in [2.24, 2.45) is 0 Å². The van der Waals surface area contributed by atoms with E-state index in [2.05, 4.69) is 15.3 Å². The Kier molecular flexibility index (Phi) is 3.49. The highest BCUT2D eigenvalue weighted by Crippen LogP contribution is 2.12. The molecule has 0 spiro atoms. The summed E-state index contributed by atoms with van der Waals surface area (Å²) in [7, 11) is 1.83. The van der Waals surface area contributed by atoms with E-state index >= 15 is 0 Å². The number of aromatic nitrogens is 2. The fourth-order valence-corrected chi connectivity index (χ4v) is 0.981. The molecule has 1 rings (SSSR count). The largest absolute Gasteiger partial charge is 0.478 e. The number of nitrogens with one attached hydrogen (secondary N) is 1. The van der Waals surface area contributed by atoms with Crippen LogP contribution in [-0.2, 0) is 6.42 Å². The second-order valence-corrected chi connectivity index (χ2v) is 2.54. The average Bonchev–Trinajstić information content (AvgIpc) is 2.17. The van der Waals surface area contributed by atoms with Gasteiger partial charge in [-0.25, -0.2) is 4.98 Å². The molecule has 0 fully saturated rings. The van der Waals surface area contributed by atoms with Crippen molar-refractivity contribution in [3.05, 3.63) is 11.9 Å². The second-order valence-electron chi connectivity index (χ2n) is 2.54. The summed E-state index contributed by atoms with van der Waals surface area (Å²) in [4.78, 5) is 8.47. The Labute approximate surface area is 78.4 Å². The maximum atomic E-state index is 5.30. The first-order valence-electron chi connectivity index (χ1n) is 4.48. The first-order chi connectivity index (χ1) is 6.30. The fraction of sp³-hybridized carbons (Fsp3) is 0.556. The van der Waals surface area contributed by atoms with Crippen molar-refractivity contribution in [1.82, 2.24) is 9.97 Å². The molecule has 0 aliphatic rings. The van der Waals surface area contributed by atoms with Gasteiger partial charge in [-0.1, -0.05) is 6.92 Å². The summed E-state index contributed by atoms with van der Waals surface area (Å²) < 4.78 is 5.30. The van der Waals surface area contributed by atoms with Crippen molar-refractivity contribution in [3.8, 4) is 5.88 Å². The molecule has 0 saturated heterocycles. The Hall–Kier alpha value is -1.32. The first kappa shape index (κ1) is 9.77. The van der Waals surface area contributed by atoms with Gasteiger partial charge in [-0.05, 0) is 6.92 Å². The summed E-state index contributed by atoms with van der Waals surface area (Å²) in [5.41, 5.74) is 0. The van der Waals surface area contributed by atoms with Crippen LogP contribution in [-0.4, -0.2) is 23.6 Å². The summed E-state index contributed by atoms with van der Waals surface area (Å²) in [5.74, 6) is 2.24. The summed E-state index contributed by atoms with van der Waals surface area (Å²) >= 11 is 0. The van der Waals surface area contributed by atoms with Crippen molar-refractivity contribution >= 4 is 5.82 Å². The molecule has 1 N–H and O–H groups in total. The van der Waals surface area contributed by atoms with E-state index in [1.807, 2.05) is 20.9 Å². The fourth-order valence-electron chi connectivity index (χ4n) is 0.981. The van der Waals surface area contributed by atoms with Crippen molar-refractivity contribution in [1.29, 1.82) is 0 Å². The topological polar surface area (TPSA) is 47.0 Å². The highest BCUT2D eigenvalue weighted by atomic mass is 16.5. The van der Waals surface area contributed by atoms with E-state index in [1.165, 1.54) is 0 Å². The molecular weight excluding hydrogens is 166 g/mol. The summed E-state index contributed by atoms with van der Waals surface area (Å²) in [6.45, 7) is 4.58. The predicted molar refractivity (Wildman–Crippen MR) is 52.1 cm³/mol. The number of anilines is 1. The number of ether oxygens (including phenoxy) is 1. The van der Waals surface area contributed by atoms with E-state index in [0.29, 0.717) is 12.5 Å². The van der Waals surface area contributed by atoms with Gasteiger partial charge < -0.3 is 10.1 Å². The zero-order valence-corrected chi connectivity index (χ0v) is 8.29.